The maximum atomic E-state index is 12.0. The molecule has 1 aromatic carbocycles. The van der Waals surface area contributed by atoms with Gasteiger partial charge in [-0.2, -0.15) is 0 Å². The van der Waals surface area contributed by atoms with Crippen LogP contribution in [-0.2, 0) is 14.3 Å². The van der Waals surface area contributed by atoms with Gasteiger partial charge in [-0.15, -0.1) is 11.3 Å². The van der Waals surface area contributed by atoms with Crippen molar-refractivity contribution in [3.63, 3.8) is 0 Å². The third kappa shape index (κ3) is 5.42. The van der Waals surface area contributed by atoms with Crippen molar-refractivity contribution in [2.24, 2.45) is 0 Å². The molecule has 0 fully saturated rings. The summed E-state index contributed by atoms with van der Waals surface area (Å²) in [5, 5.41) is 4.50. The highest BCUT2D eigenvalue weighted by atomic mass is 32.1. The number of carbonyl (C=O) groups excluding carboxylic acids is 3. The molecule has 1 N–H and O–H groups in total. The number of anilines is 1. The fourth-order valence-electron chi connectivity index (χ4n) is 2.03. The van der Waals surface area contributed by atoms with Gasteiger partial charge in [0.2, 0.25) is 5.91 Å². The molecule has 0 spiro atoms. The average Bonchev–Trinajstić information content (AvgIpc) is 3.00. The molecule has 25 heavy (non-hydrogen) atoms. The molecule has 1 aromatic heterocycles. The van der Waals surface area contributed by atoms with Crippen molar-refractivity contribution in [3.8, 4) is 0 Å². The van der Waals surface area contributed by atoms with Gasteiger partial charge in [0.1, 0.15) is 4.88 Å². The van der Waals surface area contributed by atoms with Gasteiger partial charge in [0.25, 0.3) is 5.91 Å². The van der Waals surface area contributed by atoms with E-state index in [1.54, 1.807) is 24.4 Å². The summed E-state index contributed by atoms with van der Waals surface area (Å²) in [5.41, 5.74) is 2.57. The van der Waals surface area contributed by atoms with Crippen LogP contribution in [0.5, 0.6) is 0 Å². The van der Waals surface area contributed by atoms with Gasteiger partial charge >= 0.3 is 5.97 Å². The zero-order valence-electron chi connectivity index (χ0n) is 14.4. The Morgan fingerprint density at radius 3 is 2.40 bits per heavy atom. The van der Waals surface area contributed by atoms with Crippen LogP contribution < -0.4 is 5.32 Å². The average molecular weight is 360 g/mol. The summed E-state index contributed by atoms with van der Waals surface area (Å²) in [6, 6.07) is 9.16. The Bertz CT molecular complexity index is 768. The monoisotopic (exact) mass is 360 g/mol. The Labute approximate surface area is 150 Å². The largest absolute Gasteiger partial charge is 0.451 e. The summed E-state index contributed by atoms with van der Waals surface area (Å²) in [6.07, 6.45) is 0. The van der Waals surface area contributed by atoms with Gasteiger partial charge in [-0.3, -0.25) is 9.59 Å². The second kappa shape index (κ2) is 8.43. The molecule has 0 saturated carbocycles. The minimum atomic E-state index is -0.529. The van der Waals surface area contributed by atoms with Gasteiger partial charge in [0.15, 0.2) is 6.61 Å². The fraction of sp³-hybridized carbons (Fsp3) is 0.278. The standard InChI is InChI=1S/C18H20N2O4S/c1-12-4-6-14(7-5-12)19-15(21)10-20(3)16(22)11-24-18(23)17-13(2)8-9-25-17/h4-9H,10-11H2,1-3H3,(H,19,21). The molecule has 0 saturated heterocycles. The zero-order chi connectivity index (χ0) is 18.4. The van der Waals surface area contributed by atoms with E-state index in [0.29, 0.717) is 10.6 Å². The molecule has 0 aliphatic carbocycles. The van der Waals surface area contributed by atoms with Gasteiger partial charge in [-0.05, 0) is 43.0 Å². The number of carbonyl (C=O) groups is 3. The molecule has 2 amide bonds. The molecule has 2 aromatic rings. The number of rotatable bonds is 6. The van der Waals surface area contributed by atoms with Crippen LogP contribution in [0.3, 0.4) is 0 Å². The van der Waals surface area contributed by atoms with Crippen LogP contribution >= 0.6 is 11.3 Å². The molecule has 0 radical (unpaired) electrons. The molecule has 132 valence electrons. The lowest BCUT2D eigenvalue weighted by Gasteiger charge is -2.16. The van der Waals surface area contributed by atoms with Crippen molar-refractivity contribution in [2.75, 3.05) is 25.5 Å². The van der Waals surface area contributed by atoms with Gasteiger partial charge in [-0.1, -0.05) is 17.7 Å². The number of amides is 2. The van der Waals surface area contributed by atoms with Crippen molar-refractivity contribution in [1.82, 2.24) is 4.90 Å². The molecule has 0 bridgehead atoms. The third-order valence-electron chi connectivity index (χ3n) is 3.52. The molecular weight excluding hydrogens is 340 g/mol. The third-order valence-corrected chi connectivity index (χ3v) is 4.51. The maximum Gasteiger partial charge on any atom is 0.349 e. The van der Waals surface area contributed by atoms with E-state index < -0.39 is 18.5 Å². The molecule has 1 heterocycles. The Hall–Kier alpha value is -2.67. The topological polar surface area (TPSA) is 75.7 Å². The number of nitrogens with one attached hydrogen (secondary N) is 1. The smallest absolute Gasteiger partial charge is 0.349 e. The van der Waals surface area contributed by atoms with Crippen LogP contribution in [-0.4, -0.2) is 42.9 Å². The number of esters is 1. The lowest BCUT2D eigenvalue weighted by Crippen LogP contribution is -2.37. The van der Waals surface area contributed by atoms with Crippen LogP contribution in [0.25, 0.3) is 0 Å². The molecule has 6 nitrogen and oxygen atoms in total. The first-order valence-corrected chi connectivity index (χ1v) is 8.56. The van der Waals surface area contributed by atoms with E-state index >= 15 is 0 Å². The van der Waals surface area contributed by atoms with Crippen molar-refractivity contribution in [2.45, 2.75) is 13.8 Å². The van der Waals surface area contributed by atoms with E-state index in [4.69, 9.17) is 4.74 Å². The Morgan fingerprint density at radius 2 is 1.80 bits per heavy atom. The molecule has 0 aliphatic rings. The minimum Gasteiger partial charge on any atom is -0.451 e. The van der Waals surface area contributed by atoms with Gasteiger partial charge in [0, 0.05) is 12.7 Å². The molecule has 2 rings (SSSR count). The van der Waals surface area contributed by atoms with Crippen LogP contribution in [0.4, 0.5) is 5.69 Å². The van der Waals surface area contributed by atoms with Gasteiger partial charge < -0.3 is 15.0 Å². The quantitative estimate of drug-likeness (QED) is 0.804. The van der Waals surface area contributed by atoms with E-state index in [2.05, 4.69) is 5.32 Å². The van der Waals surface area contributed by atoms with E-state index in [-0.39, 0.29) is 12.5 Å². The number of likely N-dealkylation sites (N-methyl/N-ethyl adjacent to an activating group) is 1. The number of ether oxygens (including phenoxy) is 1. The number of aryl methyl sites for hydroxylation is 2. The lowest BCUT2D eigenvalue weighted by molar-refractivity contribution is -0.136. The highest BCUT2D eigenvalue weighted by molar-refractivity contribution is 7.12. The fourth-order valence-corrected chi connectivity index (χ4v) is 2.84. The Balaban J connectivity index is 1.79. The van der Waals surface area contributed by atoms with E-state index in [1.807, 2.05) is 25.1 Å². The SMILES string of the molecule is Cc1ccc(NC(=O)CN(C)C(=O)COC(=O)c2sccc2C)cc1. The summed E-state index contributed by atoms with van der Waals surface area (Å²) in [5.74, 6) is -1.29. The minimum absolute atomic E-state index is 0.123. The summed E-state index contributed by atoms with van der Waals surface area (Å²) in [6.45, 7) is 3.24. The Morgan fingerprint density at radius 1 is 1.12 bits per heavy atom. The van der Waals surface area contributed by atoms with Crippen molar-refractivity contribution >= 4 is 34.8 Å². The van der Waals surface area contributed by atoms with Crippen molar-refractivity contribution in [3.05, 3.63) is 51.7 Å². The van der Waals surface area contributed by atoms with Gasteiger partial charge in [0.05, 0.1) is 6.54 Å². The van der Waals surface area contributed by atoms with Crippen LogP contribution in [0.1, 0.15) is 20.8 Å². The van der Waals surface area contributed by atoms with Gasteiger partial charge in [-0.25, -0.2) is 4.79 Å². The van der Waals surface area contributed by atoms with Crippen LogP contribution in [0.15, 0.2) is 35.7 Å². The number of hydrogen-bond donors (Lipinski definition) is 1. The van der Waals surface area contributed by atoms with Crippen LogP contribution in [0, 0.1) is 13.8 Å². The highest BCUT2D eigenvalue weighted by Crippen LogP contribution is 2.16. The van der Waals surface area contributed by atoms with E-state index in [1.165, 1.54) is 23.3 Å². The zero-order valence-corrected chi connectivity index (χ0v) is 15.2. The normalized spacial score (nSPS) is 10.2. The number of thiophene rings is 1. The summed E-state index contributed by atoms with van der Waals surface area (Å²) in [4.78, 5) is 37.6. The predicted octanol–water partition coefficient (Wildman–Crippen LogP) is 2.62. The maximum absolute atomic E-state index is 12.0. The van der Waals surface area contributed by atoms with E-state index in [9.17, 15) is 14.4 Å². The second-order valence-corrected chi connectivity index (χ2v) is 6.59. The lowest BCUT2D eigenvalue weighted by atomic mass is 10.2. The number of nitrogens with zero attached hydrogens (tertiary/aromatic N) is 1. The summed E-state index contributed by atoms with van der Waals surface area (Å²) < 4.78 is 5.01. The van der Waals surface area contributed by atoms with E-state index in [0.717, 1.165) is 11.1 Å². The van der Waals surface area contributed by atoms with Crippen molar-refractivity contribution < 1.29 is 19.1 Å². The molecule has 0 atom stereocenters. The molecule has 0 aliphatic heterocycles. The first kappa shape index (κ1) is 18.7. The number of hydrogen-bond acceptors (Lipinski definition) is 5. The first-order valence-electron chi connectivity index (χ1n) is 7.68. The Kier molecular flexibility index (Phi) is 6.30. The second-order valence-electron chi connectivity index (χ2n) is 5.67. The molecule has 7 heteroatoms. The number of benzene rings is 1. The molecular formula is C18H20N2O4S. The highest BCUT2D eigenvalue weighted by Gasteiger charge is 2.17. The van der Waals surface area contributed by atoms with Crippen LogP contribution in [0.2, 0.25) is 0 Å². The predicted molar refractivity (Wildman–Crippen MR) is 96.8 cm³/mol. The molecule has 0 unspecified atom stereocenters. The van der Waals surface area contributed by atoms with Crippen molar-refractivity contribution in [1.29, 1.82) is 0 Å². The summed E-state index contributed by atoms with van der Waals surface area (Å²) in [7, 11) is 1.49. The summed E-state index contributed by atoms with van der Waals surface area (Å²) >= 11 is 1.27. The first-order chi connectivity index (χ1) is 11.9.